The summed E-state index contributed by atoms with van der Waals surface area (Å²) in [6.07, 6.45) is 2.54. The molecule has 1 saturated heterocycles. The van der Waals surface area contributed by atoms with Gasteiger partial charge in [0.1, 0.15) is 5.82 Å². The van der Waals surface area contributed by atoms with Crippen LogP contribution in [-0.2, 0) is 11.2 Å². The van der Waals surface area contributed by atoms with Crippen LogP contribution < -0.4 is 0 Å². The average Bonchev–Trinajstić information content (AvgIpc) is 3.07. The zero-order chi connectivity index (χ0) is 19.0. The first-order valence-corrected chi connectivity index (χ1v) is 9.87. The normalized spacial score (nSPS) is 17.6. The van der Waals surface area contributed by atoms with Crippen LogP contribution in [0.25, 0.3) is 10.1 Å². The highest BCUT2D eigenvalue weighted by molar-refractivity contribution is 7.20. The van der Waals surface area contributed by atoms with Gasteiger partial charge in [-0.25, -0.2) is 4.39 Å². The molecule has 6 heteroatoms. The van der Waals surface area contributed by atoms with E-state index >= 15 is 4.39 Å². The van der Waals surface area contributed by atoms with E-state index in [1.54, 1.807) is 25.9 Å². The Hall–Kier alpha value is -1.95. The van der Waals surface area contributed by atoms with Gasteiger partial charge in [0.2, 0.25) is 5.91 Å². The number of hydrogen-bond donors (Lipinski definition) is 0. The predicted molar refractivity (Wildman–Crippen MR) is 103 cm³/mol. The molecule has 1 fully saturated rings. The van der Waals surface area contributed by atoms with Crippen molar-refractivity contribution < 1.29 is 14.0 Å². The number of thiophene rings is 1. The molecule has 4 nitrogen and oxygen atoms in total. The van der Waals surface area contributed by atoms with E-state index in [1.807, 2.05) is 19.1 Å². The van der Waals surface area contributed by atoms with E-state index in [2.05, 4.69) is 0 Å². The molecule has 0 unspecified atom stereocenters. The van der Waals surface area contributed by atoms with Gasteiger partial charge in [0.25, 0.3) is 5.91 Å². The number of halogens is 1. The van der Waals surface area contributed by atoms with Crippen LogP contribution in [-0.4, -0.2) is 48.8 Å². The van der Waals surface area contributed by atoms with Crippen molar-refractivity contribution in [2.24, 2.45) is 0 Å². The minimum absolute atomic E-state index is 0.0115. The summed E-state index contributed by atoms with van der Waals surface area (Å²) in [6, 6.07) is 3.76. The van der Waals surface area contributed by atoms with Crippen LogP contribution in [0.3, 0.4) is 0 Å². The number of aryl methyl sites for hydroxylation is 1. The summed E-state index contributed by atoms with van der Waals surface area (Å²) in [7, 11) is 3.40. The SMILES string of the molecule is CCc1cc([C@H]2CCCN(C(C)=O)C2)c(F)c2sc(C(=O)N(C)C)cc12. The van der Waals surface area contributed by atoms with Crippen molar-refractivity contribution in [2.75, 3.05) is 27.2 Å². The molecule has 2 heterocycles. The van der Waals surface area contributed by atoms with Crippen LogP contribution in [0.4, 0.5) is 4.39 Å². The van der Waals surface area contributed by atoms with Crippen molar-refractivity contribution in [1.82, 2.24) is 9.80 Å². The molecule has 0 bridgehead atoms. The largest absolute Gasteiger partial charge is 0.344 e. The highest BCUT2D eigenvalue weighted by Crippen LogP contribution is 2.38. The molecule has 0 N–H and O–H groups in total. The molecular formula is C20H25FN2O2S. The molecule has 1 aliphatic heterocycles. The second-order valence-corrected chi connectivity index (χ2v) is 8.20. The number of piperidine rings is 1. The van der Waals surface area contributed by atoms with Gasteiger partial charge < -0.3 is 9.80 Å². The molecule has 2 amide bonds. The molecule has 140 valence electrons. The molecule has 1 aliphatic rings. The van der Waals surface area contributed by atoms with Gasteiger partial charge in [0.05, 0.1) is 9.58 Å². The van der Waals surface area contributed by atoms with Crippen LogP contribution >= 0.6 is 11.3 Å². The molecule has 26 heavy (non-hydrogen) atoms. The summed E-state index contributed by atoms with van der Waals surface area (Å²) >= 11 is 1.23. The Morgan fingerprint density at radius 1 is 1.35 bits per heavy atom. The van der Waals surface area contributed by atoms with Gasteiger partial charge in [-0.3, -0.25) is 9.59 Å². The third-order valence-corrected chi connectivity index (χ3v) is 6.28. The van der Waals surface area contributed by atoms with Crippen LogP contribution in [0.1, 0.15) is 53.4 Å². The summed E-state index contributed by atoms with van der Waals surface area (Å²) < 4.78 is 15.9. The number of rotatable bonds is 3. The Kier molecular flexibility index (Phi) is 5.32. The number of nitrogens with zero attached hydrogens (tertiary/aromatic N) is 2. The Bertz CT molecular complexity index is 859. The number of fused-ring (bicyclic) bond motifs is 1. The lowest BCUT2D eigenvalue weighted by Crippen LogP contribution is -2.37. The van der Waals surface area contributed by atoms with Crippen molar-refractivity contribution >= 4 is 33.2 Å². The summed E-state index contributed by atoms with van der Waals surface area (Å²) in [5.74, 6) is -0.274. The predicted octanol–water partition coefficient (Wildman–Crippen LogP) is 4.03. The molecule has 0 aliphatic carbocycles. The lowest BCUT2D eigenvalue weighted by atomic mass is 9.88. The van der Waals surface area contributed by atoms with Crippen LogP contribution in [0, 0.1) is 5.82 Å². The summed E-state index contributed by atoms with van der Waals surface area (Å²) in [6.45, 7) is 4.93. The number of carbonyl (C=O) groups excluding carboxylic acids is 2. The Balaban J connectivity index is 2.08. The number of benzene rings is 1. The van der Waals surface area contributed by atoms with Crippen molar-refractivity contribution in [3.05, 3.63) is 34.0 Å². The maximum Gasteiger partial charge on any atom is 0.263 e. The van der Waals surface area contributed by atoms with E-state index in [4.69, 9.17) is 0 Å². The second kappa shape index (κ2) is 7.35. The average molecular weight is 376 g/mol. The third-order valence-electron chi connectivity index (χ3n) is 5.16. The molecule has 1 aromatic heterocycles. The van der Waals surface area contributed by atoms with Crippen molar-refractivity contribution in [2.45, 2.75) is 39.0 Å². The second-order valence-electron chi connectivity index (χ2n) is 7.15. The van der Waals surface area contributed by atoms with Crippen molar-refractivity contribution in [3.8, 4) is 0 Å². The standard InChI is InChI=1S/C20H25FN2O2S/c1-5-13-9-15(14-7-6-8-23(11-14)12(2)24)18(21)19-16(13)10-17(26-19)20(25)22(3)4/h9-10,14H,5-8,11H2,1-4H3/t14-/m0/s1. The number of amides is 2. The highest BCUT2D eigenvalue weighted by atomic mass is 32.1. The summed E-state index contributed by atoms with van der Waals surface area (Å²) in [4.78, 5) is 27.9. The molecule has 1 aromatic carbocycles. The minimum Gasteiger partial charge on any atom is -0.344 e. The van der Waals surface area contributed by atoms with E-state index in [0.29, 0.717) is 21.7 Å². The van der Waals surface area contributed by atoms with Crippen LogP contribution in [0.5, 0.6) is 0 Å². The lowest BCUT2D eigenvalue weighted by molar-refractivity contribution is -0.130. The van der Waals surface area contributed by atoms with Gasteiger partial charge in [0, 0.05) is 40.0 Å². The van der Waals surface area contributed by atoms with E-state index in [9.17, 15) is 9.59 Å². The maximum absolute atomic E-state index is 15.4. The quantitative estimate of drug-likeness (QED) is 0.811. The van der Waals surface area contributed by atoms with Crippen molar-refractivity contribution in [3.63, 3.8) is 0 Å². The van der Waals surface area contributed by atoms with Crippen LogP contribution in [0.2, 0.25) is 0 Å². The summed E-state index contributed by atoms with van der Waals surface area (Å²) in [5.41, 5.74) is 1.75. The summed E-state index contributed by atoms with van der Waals surface area (Å²) in [5, 5.41) is 0.836. The minimum atomic E-state index is -0.226. The monoisotopic (exact) mass is 376 g/mol. The molecule has 1 atom stereocenters. The Morgan fingerprint density at radius 3 is 2.69 bits per heavy atom. The van der Waals surface area contributed by atoms with Gasteiger partial charge in [-0.2, -0.15) is 0 Å². The molecular weight excluding hydrogens is 351 g/mol. The van der Waals surface area contributed by atoms with Gasteiger partial charge >= 0.3 is 0 Å². The fraction of sp³-hybridized carbons (Fsp3) is 0.500. The fourth-order valence-corrected chi connectivity index (χ4v) is 4.86. The smallest absolute Gasteiger partial charge is 0.263 e. The first-order chi connectivity index (χ1) is 12.3. The van der Waals surface area contributed by atoms with Gasteiger partial charge in [-0.1, -0.05) is 13.0 Å². The highest BCUT2D eigenvalue weighted by Gasteiger charge is 2.27. The Labute approximate surface area is 157 Å². The number of carbonyl (C=O) groups is 2. The molecule has 0 spiro atoms. The first-order valence-electron chi connectivity index (χ1n) is 9.05. The topological polar surface area (TPSA) is 40.6 Å². The van der Waals surface area contributed by atoms with Gasteiger partial charge in [-0.05, 0) is 41.8 Å². The van der Waals surface area contributed by atoms with E-state index < -0.39 is 0 Å². The molecule has 3 rings (SSSR count). The zero-order valence-electron chi connectivity index (χ0n) is 15.8. The Morgan fingerprint density at radius 2 is 2.08 bits per heavy atom. The van der Waals surface area contributed by atoms with Gasteiger partial charge in [-0.15, -0.1) is 11.3 Å². The van der Waals surface area contributed by atoms with Gasteiger partial charge in [0.15, 0.2) is 0 Å². The van der Waals surface area contributed by atoms with E-state index in [0.717, 1.165) is 36.8 Å². The number of hydrogen-bond acceptors (Lipinski definition) is 3. The maximum atomic E-state index is 15.4. The van der Waals surface area contributed by atoms with Crippen molar-refractivity contribution in [1.29, 1.82) is 0 Å². The zero-order valence-corrected chi connectivity index (χ0v) is 16.6. The molecule has 0 radical (unpaired) electrons. The third kappa shape index (κ3) is 3.34. The molecule has 2 aromatic rings. The van der Waals surface area contributed by atoms with E-state index in [-0.39, 0.29) is 23.5 Å². The van der Waals surface area contributed by atoms with E-state index in [1.165, 1.54) is 16.2 Å². The first kappa shape index (κ1) is 18.8. The number of likely N-dealkylation sites (tertiary alicyclic amines) is 1. The lowest BCUT2D eigenvalue weighted by Gasteiger charge is -2.32. The molecule has 0 saturated carbocycles. The fourth-order valence-electron chi connectivity index (χ4n) is 3.68. The van der Waals surface area contributed by atoms with Crippen LogP contribution in [0.15, 0.2) is 12.1 Å².